The molecule has 0 unspecified atom stereocenters. The molecule has 0 bridgehead atoms. The standard InChI is InChI=1S/C21H21NO2S/c1-4-25-19-18(16-8-6-5-7-9-16)20(23)22(21(19)24)17-12-10-15(11-13-17)14(2)3/h5-14H,4H2,1-3H3. The second-order valence-electron chi connectivity index (χ2n) is 6.20. The third-order valence-electron chi connectivity index (χ3n) is 4.21. The van der Waals surface area contributed by atoms with E-state index in [1.54, 1.807) is 0 Å². The van der Waals surface area contributed by atoms with Crippen molar-refractivity contribution < 1.29 is 9.59 Å². The van der Waals surface area contributed by atoms with Gasteiger partial charge in [-0.25, -0.2) is 4.90 Å². The lowest BCUT2D eigenvalue weighted by atomic mass is 10.0. The predicted molar refractivity (Wildman–Crippen MR) is 105 cm³/mol. The minimum absolute atomic E-state index is 0.229. The zero-order valence-corrected chi connectivity index (χ0v) is 15.5. The maximum atomic E-state index is 13.1. The summed E-state index contributed by atoms with van der Waals surface area (Å²) in [5.41, 5.74) is 3.10. The SMILES string of the molecule is CCSC1=C(c2ccccc2)C(=O)N(c2ccc(C(C)C)cc2)C1=O. The summed E-state index contributed by atoms with van der Waals surface area (Å²) in [6.07, 6.45) is 0. The fourth-order valence-corrected chi connectivity index (χ4v) is 3.74. The maximum Gasteiger partial charge on any atom is 0.272 e. The van der Waals surface area contributed by atoms with Crippen molar-refractivity contribution in [2.24, 2.45) is 0 Å². The Morgan fingerprint density at radius 2 is 1.56 bits per heavy atom. The van der Waals surface area contributed by atoms with Crippen molar-refractivity contribution in [1.29, 1.82) is 0 Å². The van der Waals surface area contributed by atoms with Gasteiger partial charge in [0.15, 0.2) is 0 Å². The van der Waals surface area contributed by atoms with Crippen LogP contribution >= 0.6 is 11.8 Å². The van der Waals surface area contributed by atoms with E-state index < -0.39 is 0 Å². The molecule has 2 aromatic carbocycles. The van der Waals surface area contributed by atoms with Crippen LogP contribution in [0.3, 0.4) is 0 Å². The Hall–Kier alpha value is -2.33. The molecular formula is C21H21NO2S. The quantitative estimate of drug-likeness (QED) is 0.723. The van der Waals surface area contributed by atoms with Gasteiger partial charge in [-0.15, -0.1) is 11.8 Å². The molecule has 0 saturated carbocycles. The second kappa shape index (κ2) is 7.28. The number of benzene rings is 2. The Kier molecular flexibility index (Phi) is 5.09. The van der Waals surface area contributed by atoms with Gasteiger partial charge in [0.2, 0.25) is 0 Å². The number of carbonyl (C=O) groups excluding carboxylic acids is 2. The molecular weight excluding hydrogens is 330 g/mol. The molecule has 0 saturated heterocycles. The summed E-state index contributed by atoms with van der Waals surface area (Å²) in [5, 5.41) is 0. The van der Waals surface area contributed by atoms with Crippen LogP contribution in [0, 0.1) is 0 Å². The predicted octanol–water partition coefficient (Wildman–Crippen LogP) is 4.85. The second-order valence-corrected chi connectivity index (χ2v) is 7.47. The number of rotatable bonds is 5. The largest absolute Gasteiger partial charge is 0.272 e. The fraction of sp³-hybridized carbons (Fsp3) is 0.238. The first-order chi connectivity index (χ1) is 12.0. The summed E-state index contributed by atoms with van der Waals surface area (Å²) >= 11 is 1.43. The van der Waals surface area contributed by atoms with Crippen molar-refractivity contribution in [2.45, 2.75) is 26.7 Å². The number of nitrogens with zero attached hydrogens (tertiary/aromatic N) is 1. The van der Waals surface area contributed by atoms with Gasteiger partial charge in [-0.1, -0.05) is 63.2 Å². The minimum Gasteiger partial charge on any atom is -0.268 e. The number of hydrogen-bond acceptors (Lipinski definition) is 3. The van der Waals surface area contributed by atoms with Crippen molar-refractivity contribution >= 4 is 34.8 Å². The van der Waals surface area contributed by atoms with Crippen LogP contribution in [0.5, 0.6) is 0 Å². The molecule has 0 N–H and O–H groups in total. The first kappa shape index (κ1) is 17.5. The van der Waals surface area contributed by atoms with E-state index >= 15 is 0 Å². The van der Waals surface area contributed by atoms with Gasteiger partial charge < -0.3 is 0 Å². The number of anilines is 1. The van der Waals surface area contributed by atoms with E-state index in [2.05, 4.69) is 13.8 Å². The topological polar surface area (TPSA) is 37.4 Å². The summed E-state index contributed by atoms with van der Waals surface area (Å²) < 4.78 is 0. The maximum absolute atomic E-state index is 13.1. The summed E-state index contributed by atoms with van der Waals surface area (Å²) in [4.78, 5) is 27.8. The molecule has 0 radical (unpaired) electrons. The summed E-state index contributed by atoms with van der Waals surface area (Å²) in [6, 6.07) is 17.1. The van der Waals surface area contributed by atoms with E-state index in [-0.39, 0.29) is 11.8 Å². The highest BCUT2D eigenvalue weighted by molar-refractivity contribution is 8.04. The van der Waals surface area contributed by atoms with Crippen LogP contribution in [0.25, 0.3) is 5.57 Å². The van der Waals surface area contributed by atoms with Crippen molar-refractivity contribution in [1.82, 2.24) is 0 Å². The molecule has 128 valence electrons. The van der Waals surface area contributed by atoms with Gasteiger partial charge in [0.1, 0.15) is 0 Å². The van der Waals surface area contributed by atoms with Gasteiger partial charge in [-0.05, 0) is 34.9 Å². The zero-order chi connectivity index (χ0) is 18.0. The molecule has 0 fully saturated rings. The first-order valence-corrected chi connectivity index (χ1v) is 9.44. The lowest BCUT2D eigenvalue weighted by Crippen LogP contribution is -2.31. The summed E-state index contributed by atoms with van der Waals surface area (Å²) in [7, 11) is 0. The van der Waals surface area contributed by atoms with Gasteiger partial charge in [0, 0.05) is 0 Å². The fourth-order valence-electron chi connectivity index (χ4n) is 2.89. The van der Waals surface area contributed by atoms with E-state index in [4.69, 9.17) is 0 Å². The normalized spacial score (nSPS) is 14.8. The molecule has 0 aromatic heterocycles. The monoisotopic (exact) mass is 351 g/mol. The molecule has 1 aliphatic rings. The van der Waals surface area contributed by atoms with E-state index in [9.17, 15) is 9.59 Å². The van der Waals surface area contributed by atoms with Crippen LogP contribution in [0.15, 0.2) is 59.5 Å². The Morgan fingerprint density at radius 1 is 0.920 bits per heavy atom. The average molecular weight is 351 g/mol. The molecule has 2 amide bonds. The number of thioether (sulfide) groups is 1. The van der Waals surface area contributed by atoms with Gasteiger partial charge in [-0.3, -0.25) is 9.59 Å². The molecule has 3 rings (SSSR count). The molecule has 4 heteroatoms. The van der Waals surface area contributed by atoms with Gasteiger partial charge in [0.25, 0.3) is 11.8 Å². The Balaban J connectivity index is 2.02. The van der Waals surface area contributed by atoms with E-state index in [1.807, 2.05) is 61.5 Å². The lowest BCUT2D eigenvalue weighted by molar-refractivity contribution is -0.119. The van der Waals surface area contributed by atoms with Gasteiger partial charge >= 0.3 is 0 Å². The van der Waals surface area contributed by atoms with Crippen molar-refractivity contribution in [3.05, 3.63) is 70.6 Å². The Labute approximate surface area is 152 Å². The smallest absolute Gasteiger partial charge is 0.268 e. The van der Waals surface area contributed by atoms with Crippen molar-refractivity contribution in [2.75, 3.05) is 10.7 Å². The Morgan fingerprint density at radius 3 is 2.12 bits per heavy atom. The highest BCUT2D eigenvalue weighted by Gasteiger charge is 2.39. The molecule has 0 spiro atoms. The van der Waals surface area contributed by atoms with Crippen LogP contribution in [-0.4, -0.2) is 17.6 Å². The molecule has 25 heavy (non-hydrogen) atoms. The van der Waals surface area contributed by atoms with Crippen LogP contribution in [0.1, 0.15) is 37.8 Å². The third-order valence-corrected chi connectivity index (χ3v) is 5.17. The molecule has 3 nitrogen and oxygen atoms in total. The third kappa shape index (κ3) is 3.27. The van der Waals surface area contributed by atoms with Crippen LogP contribution < -0.4 is 4.90 Å². The van der Waals surface area contributed by atoms with Crippen molar-refractivity contribution in [3.8, 4) is 0 Å². The summed E-state index contributed by atoms with van der Waals surface area (Å²) in [6.45, 7) is 6.22. The average Bonchev–Trinajstić information content (AvgIpc) is 2.86. The number of carbonyl (C=O) groups is 2. The van der Waals surface area contributed by atoms with Gasteiger partial charge in [-0.2, -0.15) is 0 Å². The zero-order valence-electron chi connectivity index (χ0n) is 14.7. The highest BCUT2D eigenvalue weighted by Crippen LogP contribution is 2.38. The van der Waals surface area contributed by atoms with Crippen LogP contribution in [0.4, 0.5) is 5.69 Å². The van der Waals surface area contributed by atoms with E-state index in [0.717, 1.165) is 11.3 Å². The van der Waals surface area contributed by atoms with E-state index in [0.29, 0.717) is 22.1 Å². The molecule has 2 aromatic rings. The first-order valence-electron chi connectivity index (χ1n) is 8.45. The molecule has 1 heterocycles. The minimum atomic E-state index is -0.246. The number of imide groups is 1. The summed E-state index contributed by atoms with van der Waals surface area (Å²) in [5.74, 6) is 0.672. The van der Waals surface area contributed by atoms with Crippen LogP contribution in [0.2, 0.25) is 0 Å². The van der Waals surface area contributed by atoms with Gasteiger partial charge in [0.05, 0.1) is 16.2 Å². The molecule has 0 aliphatic carbocycles. The number of hydrogen-bond donors (Lipinski definition) is 0. The lowest BCUT2D eigenvalue weighted by Gasteiger charge is -2.16. The van der Waals surface area contributed by atoms with E-state index in [1.165, 1.54) is 22.2 Å². The number of amides is 2. The highest BCUT2D eigenvalue weighted by atomic mass is 32.2. The molecule has 1 aliphatic heterocycles. The van der Waals surface area contributed by atoms with Crippen molar-refractivity contribution in [3.63, 3.8) is 0 Å². The Bertz CT molecular complexity index is 823. The molecule has 0 atom stereocenters. The van der Waals surface area contributed by atoms with Crippen LogP contribution in [-0.2, 0) is 9.59 Å².